The van der Waals surface area contributed by atoms with Crippen LogP contribution >= 0.6 is 11.8 Å². The molecule has 0 atom stereocenters. The molecule has 3 aromatic rings. The second kappa shape index (κ2) is 7.18. The second-order valence-electron chi connectivity index (χ2n) is 4.69. The molecule has 0 fully saturated rings. The summed E-state index contributed by atoms with van der Waals surface area (Å²) in [4.78, 5) is 10.4. The summed E-state index contributed by atoms with van der Waals surface area (Å²) >= 11 is 1.31. The van der Waals surface area contributed by atoms with Crippen LogP contribution in [0, 0.1) is 17.0 Å². The fourth-order valence-corrected chi connectivity index (χ4v) is 2.57. The molecule has 0 aliphatic carbocycles. The van der Waals surface area contributed by atoms with Gasteiger partial charge in [-0.3, -0.25) is 10.1 Å². The number of benzene rings is 1. The van der Waals surface area contributed by atoms with Gasteiger partial charge in [-0.1, -0.05) is 23.9 Å². The van der Waals surface area contributed by atoms with Crippen molar-refractivity contribution in [3.63, 3.8) is 0 Å². The molecule has 0 saturated heterocycles. The Morgan fingerprint density at radius 3 is 2.88 bits per heavy atom. The molecule has 0 aliphatic rings. The predicted molar refractivity (Wildman–Crippen MR) is 86.1 cm³/mol. The Morgan fingerprint density at radius 2 is 2.12 bits per heavy atom. The van der Waals surface area contributed by atoms with E-state index in [1.807, 2.05) is 6.92 Å². The van der Waals surface area contributed by atoms with E-state index in [-0.39, 0.29) is 18.0 Å². The summed E-state index contributed by atoms with van der Waals surface area (Å²) in [5.74, 6) is 1.85. The van der Waals surface area contributed by atoms with E-state index in [4.69, 9.17) is 13.6 Å². The van der Waals surface area contributed by atoms with Crippen LogP contribution in [0.4, 0.5) is 5.69 Å². The number of nitrogens with zero attached hydrogens (tertiary/aromatic N) is 3. The second-order valence-corrected chi connectivity index (χ2v) is 5.73. The van der Waals surface area contributed by atoms with E-state index in [0.717, 1.165) is 5.56 Å². The number of aryl methyl sites for hydroxylation is 1. The molecule has 3 rings (SSSR count). The van der Waals surface area contributed by atoms with Crippen LogP contribution in [0.25, 0.3) is 11.5 Å². The fraction of sp³-hybridized carbons (Fsp3) is 0.200. The van der Waals surface area contributed by atoms with E-state index in [1.54, 1.807) is 30.5 Å². The average Bonchev–Trinajstić information content (AvgIpc) is 3.20. The molecule has 0 N–H and O–H groups in total. The maximum absolute atomic E-state index is 10.9. The average molecular weight is 347 g/mol. The van der Waals surface area contributed by atoms with Gasteiger partial charge < -0.3 is 13.6 Å². The van der Waals surface area contributed by atoms with Crippen LogP contribution < -0.4 is 4.74 Å². The zero-order valence-corrected chi connectivity index (χ0v) is 13.5. The monoisotopic (exact) mass is 347 g/mol. The van der Waals surface area contributed by atoms with Crippen molar-refractivity contribution in [1.29, 1.82) is 0 Å². The number of hydrogen-bond acceptors (Lipinski definition) is 8. The topological polar surface area (TPSA) is 104 Å². The molecular formula is C15H13N3O5S. The van der Waals surface area contributed by atoms with Crippen molar-refractivity contribution >= 4 is 17.4 Å². The van der Waals surface area contributed by atoms with Crippen molar-refractivity contribution in [2.45, 2.75) is 12.1 Å². The maximum Gasteiger partial charge on any atom is 0.310 e. The van der Waals surface area contributed by atoms with Crippen LogP contribution in [0.3, 0.4) is 0 Å². The van der Waals surface area contributed by atoms with Gasteiger partial charge in [0.2, 0.25) is 0 Å². The van der Waals surface area contributed by atoms with Crippen LogP contribution in [-0.4, -0.2) is 27.5 Å². The molecule has 0 spiro atoms. The minimum atomic E-state index is -0.472. The highest BCUT2D eigenvalue weighted by atomic mass is 32.2. The van der Waals surface area contributed by atoms with Gasteiger partial charge in [0.1, 0.15) is 5.76 Å². The zero-order chi connectivity index (χ0) is 16.9. The van der Waals surface area contributed by atoms with Crippen LogP contribution in [0.15, 0.2) is 50.7 Å². The third kappa shape index (κ3) is 3.57. The highest BCUT2D eigenvalue weighted by Crippen LogP contribution is 2.28. The lowest BCUT2D eigenvalue weighted by Crippen LogP contribution is -2.02. The first-order valence-corrected chi connectivity index (χ1v) is 8.00. The van der Waals surface area contributed by atoms with Gasteiger partial charge in [0, 0.05) is 11.8 Å². The normalized spacial score (nSPS) is 10.7. The molecule has 8 nitrogen and oxygen atoms in total. The summed E-state index contributed by atoms with van der Waals surface area (Å²) in [5.41, 5.74) is 0.698. The molecule has 124 valence electrons. The van der Waals surface area contributed by atoms with Crippen molar-refractivity contribution in [3.8, 4) is 17.2 Å². The van der Waals surface area contributed by atoms with E-state index < -0.39 is 4.92 Å². The predicted octanol–water partition coefficient (Wildman–Crippen LogP) is 3.72. The van der Waals surface area contributed by atoms with Crippen LogP contribution in [0.2, 0.25) is 0 Å². The molecule has 1 aromatic carbocycles. The van der Waals surface area contributed by atoms with Crippen molar-refractivity contribution in [3.05, 3.63) is 52.5 Å². The molecule has 0 amide bonds. The quantitative estimate of drug-likeness (QED) is 0.276. The van der Waals surface area contributed by atoms with Gasteiger partial charge in [0.15, 0.2) is 5.75 Å². The van der Waals surface area contributed by atoms with Crippen molar-refractivity contribution in [2.24, 2.45) is 0 Å². The molecule has 0 bridgehead atoms. The Balaban J connectivity index is 1.54. The van der Waals surface area contributed by atoms with Gasteiger partial charge in [0.25, 0.3) is 11.1 Å². The number of para-hydroxylation sites is 2. The van der Waals surface area contributed by atoms with E-state index in [2.05, 4.69) is 10.2 Å². The van der Waals surface area contributed by atoms with Gasteiger partial charge in [-0.2, -0.15) is 0 Å². The molecule has 0 saturated carbocycles. The molecule has 2 heterocycles. The lowest BCUT2D eigenvalue weighted by molar-refractivity contribution is -0.385. The summed E-state index contributed by atoms with van der Waals surface area (Å²) < 4.78 is 16.2. The summed E-state index contributed by atoms with van der Waals surface area (Å²) in [5, 5.41) is 19.2. The van der Waals surface area contributed by atoms with E-state index >= 15 is 0 Å². The van der Waals surface area contributed by atoms with Gasteiger partial charge in [-0.05, 0) is 19.1 Å². The molecule has 0 unspecified atom stereocenters. The van der Waals surface area contributed by atoms with Crippen LogP contribution in [0.5, 0.6) is 5.75 Å². The number of aromatic nitrogens is 2. The number of nitro groups is 1. The summed E-state index contributed by atoms with van der Waals surface area (Å²) in [7, 11) is 0. The standard InChI is InChI=1S/C15H13N3O5S/c1-10-11(6-7-21-10)14-16-17-15(23-14)24-9-8-22-13-5-3-2-4-12(13)18(19)20/h2-7H,8-9H2,1H3. The highest BCUT2D eigenvalue weighted by molar-refractivity contribution is 7.99. The van der Waals surface area contributed by atoms with Gasteiger partial charge in [-0.25, -0.2) is 0 Å². The molecule has 9 heteroatoms. The number of ether oxygens (including phenoxy) is 1. The van der Waals surface area contributed by atoms with Gasteiger partial charge in [-0.15, -0.1) is 10.2 Å². The largest absolute Gasteiger partial charge is 0.486 e. The Hall–Kier alpha value is -2.81. The number of thioether (sulfide) groups is 1. The van der Waals surface area contributed by atoms with Crippen LogP contribution in [-0.2, 0) is 0 Å². The number of furan rings is 1. The third-order valence-electron chi connectivity index (χ3n) is 3.12. The molecular weight excluding hydrogens is 334 g/mol. The first kappa shape index (κ1) is 16.1. The molecule has 0 radical (unpaired) electrons. The van der Waals surface area contributed by atoms with Gasteiger partial charge >= 0.3 is 5.69 Å². The van der Waals surface area contributed by atoms with Crippen molar-refractivity contribution in [2.75, 3.05) is 12.4 Å². The summed E-state index contributed by atoms with van der Waals surface area (Å²) in [6.45, 7) is 2.09. The maximum atomic E-state index is 10.9. The Morgan fingerprint density at radius 1 is 1.29 bits per heavy atom. The van der Waals surface area contributed by atoms with E-state index in [1.165, 1.54) is 17.8 Å². The first-order chi connectivity index (χ1) is 11.6. The molecule has 2 aromatic heterocycles. The third-order valence-corrected chi connectivity index (χ3v) is 3.91. The van der Waals surface area contributed by atoms with Crippen molar-refractivity contribution < 1.29 is 18.5 Å². The number of nitro benzene ring substituents is 1. The van der Waals surface area contributed by atoms with E-state index in [0.29, 0.717) is 22.6 Å². The minimum Gasteiger partial charge on any atom is -0.486 e. The van der Waals surface area contributed by atoms with E-state index in [9.17, 15) is 10.1 Å². The summed E-state index contributed by atoms with van der Waals surface area (Å²) in [6, 6.07) is 8.01. The molecule has 0 aliphatic heterocycles. The van der Waals surface area contributed by atoms with Crippen molar-refractivity contribution in [1.82, 2.24) is 10.2 Å². The molecule has 24 heavy (non-hydrogen) atoms. The van der Waals surface area contributed by atoms with Gasteiger partial charge in [0.05, 0.1) is 23.4 Å². The minimum absolute atomic E-state index is 0.0574. The Labute approximate surface area is 141 Å². The Kier molecular flexibility index (Phi) is 4.80. The Bertz CT molecular complexity index is 845. The highest BCUT2D eigenvalue weighted by Gasteiger charge is 2.15. The first-order valence-electron chi connectivity index (χ1n) is 7.02. The SMILES string of the molecule is Cc1occc1-c1nnc(SCCOc2ccccc2[N+](=O)[O-])o1. The number of rotatable bonds is 7. The van der Waals surface area contributed by atoms with Crippen LogP contribution in [0.1, 0.15) is 5.76 Å². The lowest BCUT2D eigenvalue weighted by atomic mass is 10.3. The smallest absolute Gasteiger partial charge is 0.310 e. The zero-order valence-electron chi connectivity index (χ0n) is 12.7. The fourth-order valence-electron chi connectivity index (χ4n) is 1.99. The number of hydrogen-bond donors (Lipinski definition) is 0. The lowest BCUT2D eigenvalue weighted by Gasteiger charge is -2.05. The summed E-state index contributed by atoms with van der Waals surface area (Å²) in [6.07, 6.45) is 1.56.